The fraction of sp³-hybridized carbons (Fsp3) is 0.0625. The zero-order valence-corrected chi connectivity index (χ0v) is 13.4. The topological polar surface area (TPSA) is 52.1 Å². The Morgan fingerprint density at radius 2 is 1.90 bits per heavy atom. The number of nitrogens with zero attached hydrogens (tertiary/aromatic N) is 2. The number of methoxy groups -OCH3 is 1. The number of pyridine rings is 2. The van der Waals surface area contributed by atoms with Gasteiger partial charge in [0.2, 0.25) is 0 Å². The van der Waals surface area contributed by atoms with Gasteiger partial charge < -0.3 is 4.74 Å². The number of aromatic nitrogens is 2. The van der Waals surface area contributed by atoms with E-state index in [0.29, 0.717) is 5.56 Å². The molecular weight excluding hydrogens is 379 g/mol. The highest BCUT2D eigenvalue weighted by Gasteiger charge is 2.08. The summed E-state index contributed by atoms with van der Waals surface area (Å²) < 4.78 is 5.77. The number of fused-ring (bicyclic) bond motifs is 1. The maximum atomic E-state index is 11.5. The third-order valence-electron chi connectivity index (χ3n) is 3.19. The quantitative estimate of drug-likeness (QED) is 0.495. The van der Waals surface area contributed by atoms with Gasteiger partial charge in [0.1, 0.15) is 0 Å². The first-order chi connectivity index (χ1) is 10.2. The molecule has 0 N–H and O–H groups in total. The molecule has 5 heteroatoms. The average Bonchev–Trinajstić information content (AvgIpc) is 2.53. The van der Waals surface area contributed by atoms with Gasteiger partial charge in [-0.1, -0.05) is 12.1 Å². The molecule has 0 atom stereocenters. The molecule has 0 saturated heterocycles. The predicted molar refractivity (Wildman–Crippen MR) is 89.0 cm³/mol. The SMILES string of the molecule is COC(=O)c1ccc(-c2cncc3ncc(I)cc23)cc1. The number of benzene rings is 1. The van der Waals surface area contributed by atoms with Crippen molar-refractivity contribution in [2.45, 2.75) is 0 Å². The molecule has 0 aliphatic heterocycles. The third-order valence-corrected chi connectivity index (χ3v) is 3.78. The van der Waals surface area contributed by atoms with Crippen molar-refractivity contribution in [3.63, 3.8) is 0 Å². The lowest BCUT2D eigenvalue weighted by Gasteiger charge is -2.07. The summed E-state index contributed by atoms with van der Waals surface area (Å²) in [6.07, 6.45) is 5.37. The van der Waals surface area contributed by atoms with E-state index in [2.05, 4.69) is 38.6 Å². The fourth-order valence-electron chi connectivity index (χ4n) is 2.15. The minimum absolute atomic E-state index is 0.339. The monoisotopic (exact) mass is 390 g/mol. The van der Waals surface area contributed by atoms with Gasteiger partial charge in [-0.3, -0.25) is 9.97 Å². The molecule has 0 unspecified atom stereocenters. The smallest absolute Gasteiger partial charge is 0.337 e. The zero-order valence-electron chi connectivity index (χ0n) is 11.2. The molecule has 2 aromatic heterocycles. The summed E-state index contributed by atoms with van der Waals surface area (Å²) in [7, 11) is 1.37. The molecule has 0 saturated carbocycles. The van der Waals surface area contributed by atoms with Crippen molar-refractivity contribution in [1.82, 2.24) is 9.97 Å². The Kier molecular flexibility index (Phi) is 3.83. The van der Waals surface area contributed by atoms with Crippen LogP contribution in [0.2, 0.25) is 0 Å². The zero-order chi connectivity index (χ0) is 14.8. The number of carbonyl (C=O) groups excluding carboxylic acids is 1. The molecule has 1 aromatic carbocycles. The number of hydrogen-bond donors (Lipinski definition) is 0. The normalized spacial score (nSPS) is 10.6. The van der Waals surface area contributed by atoms with E-state index in [4.69, 9.17) is 4.74 Å². The lowest BCUT2D eigenvalue weighted by molar-refractivity contribution is 0.0601. The Morgan fingerprint density at radius 1 is 1.14 bits per heavy atom. The predicted octanol–water partition coefficient (Wildman–Crippen LogP) is 3.69. The fourth-order valence-corrected chi connectivity index (χ4v) is 2.60. The standard InChI is InChI=1S/C16H11IN2O2/c1-21-16(20)11-4-2-10(3-5-11)14-8-18-9-15-13(14)6-12(17)7-19-15/h2-9H,1H3. The minimum atomic E-state index is -0.339. The van der Waals surface area contributed by atoms with Crippen molar-refractivity contribution < 1.29 is 9.53 Å². The van der Waals surface area contributed by atoms with E-state index >= 15 is 0 Å². The van der Waals surface area contributed by atoms with E-state index in [0.717, 1.165) is 25.6 Å². The van der Waals surface area contributed by atoms with Crippen LogP contribution in [0.5, 0.6) is 0 Å². The van der Waals surface area contributed by atoms with Crippen molar-refractivity contribution in [1.29, 1.82) is 0 Å². The Morgan fingerprint density at radius 3 is 2.62 bits per heavy atom. The van der Waals surface area contributed by atoms with Crippen LogP contribution < -0.4 is 0 Å². The molecule has 2 heterocycles. The van der Waals surface area contributed by atoms with E-state index in [9.17, 15) is 4.79 Å². The number of ether oxygens (including phenoxy) is 1. The number of hydrogen-bond acceptors (Lipinski definition) is 4. The van der Waals surface area contributed by atoms with Crippen LogP contribution >= 0.6 is 22.6 Å². The first-order valence-corrected chi connectivity index (χ1v) is 7.35. The summed E-state index contributed by atoms with van der Waals surface area (Å²) in [5.74, 6) is -0.339. The van der Waals surface area contributed by atoms with Crippen LogP contribution in [0, 0.1) is 3.57 Å². The second-order valence-corrected chi connectivity index (χ2v) is 5.72. The largest absolute Gasteiger partial charge is 0.465 e. The van der Waals surface area contributed by atoms with Gasteiger partial charge in [-0.25, -0.2) is 4.79 Å². The van der Waals surface area contributed by atoms with Gasteiger partial charge in [0.05, 0.1) is 24.4 Å². The van der Waals surface area contributed by atoms with E-state index < -0.39 is 0 Å². The van der Waals surface area contributed by atoms with Crippen LogP contribution in [-0.4, -0.2) is 23.0 Å². The van der Waals surface area contributed by atoms with Gasteiger partial charge in [-0.15, -0.1) is 0 Å². The molecule has 0 spiro atoms. The highest BCUT2D eigenvalue weighted by molar-refractivity contribution is 14.1. The molecular formula is C16H11IN2O2. The lowest BCUT2D eigenvalue weighted by atomic mass is 10.0. The van der Waals surface area contributed by atoms with E-state index in [1.807, 2.05) is 24.5 Å². The van der Waals surface area contributed by atoms with E-state index in [1.165, 1.54) is 7.11 Å². The molecule has 104 valence electrons. The molecule has 0 fully saturated rings. The van der Waals surface area contributed by atoms with Crippen LogP contribution in [0.15, 0.2) is 48.9 Å². The van der Waals surface area contributed by atoms with Gasteiger partial charge in [0.25, 0.3) is 0 Å². The van der Waals surface area contributed by atoms with Gasteiger partial charge in [0, 0.05) is 26.9 Å². The molecule has 0 radical (unpaired) electrons. The van der Waals surface area contributed by atoms with Crippen LogP contribution in [-0.2, 0) is 4.74 Å². The Hall–Kier alpha value is -2.02. The molecule has 0 aliphatic carbocycles. The number of halogens is 1. The number of rotatable bonds is 2. The Bertz CT molecular complexity index is 816. The minimum Gasteiger partial charge on any atom is -0.465 e. The van der Waals surface area contributed by atoms with E-state index in [1.54, 1.807) is 18.3 Å². The summed E-state index contributed by atoms with van der Waals surface area (Å²) in [6, 6.07) is 9.36. The van der Waals surface area contributed by atoms with Crippen molar-refractivity contribution in [2.75, 3.05) is 7.11 Å². The van der Waals surface area contributed by atoms with Gasteiger partial charge >= 0.3 is 5.97 Å². The molecule has 3 aromatic rings. The maximum Gasteiger partial charge on any atom is 0.337 e. The van der Waals surface area contributed by atoms with Crippen LogP contribution in [0.4, 0.5) is 0 Å². The Labute approximate surface area is 135 Å². The van der Waals surface area contributed by atoms with Crippen LogP contribution in [0.1, 0.15) is 10.4 Å². The van der Waals surface area contributed by atoms with E-state index in [-0.39, 0.29) is 5.97 Å². The van der Waals surface area contributed by atoms with Crippen LogP contribution in [0.3, 0.4) is 0 Å². The third kappa shape index (κ3) is 2.73. The Balaban J connectivity index is 2.12. The first kappa shape index (κ1) is 13.9. The van der Waals surface area contributed by atoms with Crippen molar-refractivity contribution in [3.05, 3.63) is 58.1 Å². The summed E-state index contributed by atoms with van der Waals surface area (Å²) in [5, 5.41) is 1.04. The summed E-state index contributed by atoms with van der Waals surface area (Å²) in [5.41, 5.74) is 3.37. The summed E-state index contributed by atoms with van der Waals surface area (Å²) in [4.78, 5) is 20.1. The summed E-state index contributed by atoms with van der Waals surface area (Å²) >= 11 is 2.24. The molecule has 0 aliphatic rings. The number of esters is 1. The lowest BCUT2D eigenvalue weighted by Crippen LogP contribution is -2.00. The van der Waals surface area contributed by atoms with Crippen molar-refractivity contribution in [2.24, 2.45) is 0 Å². The summed E-state index contributed by atoms with van der Waals surface area (Å²) in [6.45, 7) is 0. The van der Waals surface area contributed by atoms with Crippen molar-refractivity contribution >= 4 is 39.5 Å². The van der Waals surface area contributed by atoms with Crippen LogP contribution in [0.25, 0.3) is 22.0 Å². The van der Waals surface area contributed by atoms with Gasteiger partial charge in [-0.05, 0) is 46.4 Å². The highest BCUT2D eigenvalue weighted by atomic mass is 127. The average molecular weight is 390 g/mol. The van der Waals surface area contributed by atoms with Gasteiger partial charge in [-0.2, -0.15) is 0 Å². The molecule has 0 amide bonds. The maximum absolute atomic E-state index is 11.5. The molecule has 0 bridgehead atoms. The number of carbonyl (C=O) groups is 1. The van der Waals surface area contributed by atoms with Gasteiger partial charge in [0.15, 0.2) is 0 Å². The van der Waals surface area contributed by atoms with Crippen molar-refractivity contribution in [3.8, 4) is 11.1 Å². The first-order valence-electron chi connectivity index (χ1n) is 6.27. The molecule has 21 heavy (non-hydrogen) atoms. The second kappa shape index (κ2) is 5.77. The molecule has 3 rings (SSSR count). The molecule has 4 nitrogen and oxygen atoms in total. The highest BCUT2D eigenvalue weighted by Crippen LogP contribution is 2.28. The second-order valence-electron chi connectivity index (χ2n) is 4.48.